The molecule has 1 amide bonds. The van der Waals surface area contributed by atoms with Crippen LogP contribution >= 0.6 is 11.3 Å². The van der Waals surface area contributed by atoms with Crippen molar-refractivity contribution in [2.24, 2.45) is 0 Å². The fourth-order valence-electron chi connectivity index (χ4n) is 2.79. The number of nitrogens with one attached hydrogen (secondary N) is 1. The number of carbonyl (C=O) groups excluding carboxylic acids is 1. The van der Waals surface area contributed by atoms with Crippen LogP contribution in [0.2, 0.25) is 0 Å². The average molecular weight is 387 g/mol. The molecule has 0 unspecified atom stereocenters. The van der Waals surface area contributed by atoms with Gasteiger partial charge in [-0.15, -0.1) is 11.3 Å². The molecule has 3 rings (SSSR count). The molecule has 1 N–H and O–H groups in total. The van der Waals surface area contributed by atoms with Crippen LogP contribution in [-0.2, 0) is 16.0 Å². The molecule has 0 aliphatic carbocycles. The van der Waals surface area contributed by atoms with Crippen LogP contribution in [-0.4, -0.2) is 42.5 Å². The molecule has 0 aliphatic rings. The van der Waals surface area contributed by atoms with E-state index in [1.165, 1.54) is 31.9 Å². The zero-order valence-electron chi connectivity index (χ0n) is 15.4. The second kappa shape index (κ2) is 8.43. The van der Waals surface area contributed by atoms with Gasteiger partial charge >= 0.3 is 0 Å². The molecule has 0 saturated heterocycles. The van der Waals surface area contributed by atoms with Gasteiger partial charge < -0.3 is 14.8 Å². The van der Waals surface area contributed by atoms with Crippen molar-refractivity contribution in [3.05, 3.63) is 63.0 Å². The van der Waals surface area contributed by atoms with Crippen LogP contribution in [0.3, 0.4) is 0 Å². The van der Waals surface area contributed by atoms with Crippen LogP contribution in [0.1, 0.15) is 20.8 Å². The van der Waals surface area contributed by atoms with Crippen molar-refractivity contribution >= 4 is 27.5 Å². The molecule has 0 saturated carbocycles. The Hall–Kier alpha value is -2.55. The molecule has 0 aliphatic heterocycles. The molecule has 0 atom stereocenters. The molecule has 1 aromatic carbocycles. The number of fused-ring (bicyclic) bond motifs is 1. The molecule has 0 spiro atoms. The maximum Gasteiger partial charge on any atom is 0.262 e. The van der Waals surface area contributed by atoms with Gasteiger partial charge in [0, 0.05) is 14.2 Å². The number of nitrogens with zero attached hydrogens (tertiary/aromatic N) is 2. The molecule has 3 aromatic rings. The molecule has 7 nitrogen and oxygen atoms in total. The van der Waals surface area contributed by atoms with Gasteiger partial charge in [-0.2, -0.15) is 0 Å². The summed E-state index contributed by atoms with van der Waals surface area (Å²) < 4.78 is 11.7. The highest BCUT2D eigenvalue weighted by molar-refractivity contribution is 7.20. The van der Waals surface area contributed by atoms with Crippen LogP contribution in [0.4, 0.5) is 0 Å². The van der Waals surface area contributed by atoms with E-state index in [0.29, 0.717) is 27.2 Å². The SMILES string of the molecule is COC(CNC(=O)c1sc2ncn(Cc3ccccc3)c(=O)c2c1C)OC. The van der Waals surface area contributed by atoms with E-state index in [4.69, 9.17) is 9.47 Å². The first-order valence-corrected chi connectivity index (χ1v) is 9.23. The summed E-state index contributed by atoms with van der Waals surface area (Å²) in [6.07, 6.45) is 1.01. The van der Waals surface area contributed by atoms with E-state index >= 15 is 0 Å². The van der Waals surface area contributed by atoms with Gasteiger partial charge in [0.25, 0.3) is 11.5 Å². The van der Waals surface area contributed by atoms with E-state index in [2.05, 4.69) is 10.3 Å². The summed E-state index contributed by atoms with van der Waals surface area (Å²) in [6.45, 7) is 2.42. The number of hydrogen-bond donors (Lipinski definition) is 1. The van der Waals surface area contributed by atoms with Gasteiger partial charge in [0.1, 0.15) is 4.83 Å². The summed E-state index contributed by atoms with van der Waals surface area (Å²) in [5.41, 5.74) is 1.50. The highest BCUT2D eigenvalue weighted by atomic mass is 32.1. The van der Waals surface area contributed by atoms with E-state index in [1.807, 2.05) is 30.3 Å². The average Bonchev–Trinajstić information content (AvgIpc) is 3.03. The number of hydrogen-bond acceptors (Lipinski definition) is 6. The summed E-state index contributed by atoms with van der Waals surface area (Å²) in [6, 6.07) is 9.70. The third-order valence-electron chi connectivity index (χ3n) is 4.27. The minimum atomic E-state index is -0.523. The van der Waals surface area contributed by atoms with E-state index in [-0.39, 0.29) is 18.0 Å². The van der Waals surface area contributed by atoms with Crippen molar-refractivity contribution < 1.29 is 14.3 Å². The normalized spacial score (nSPS) is 11.3. The quantitative estimate of drug-likeness (QED) is 0.628. The lowest BCUT2D eigenvalue weighted by molar-refractivity contribution is -0.0974. The number of aromatic nitrogens is 2. The van der Waals surface area contributed by atoms with Crippen molar-refractivity contribution in [1.29, 1.82) is 0 Å². The minimum absolute atomic E-state index is 0.150. The lowest BCUT2D eigenvalue weighted by atomic mass is 10.2. The van der Waals surface area contributed by atoms with Crippen molar-refractivity contribution in [1.82, 2.24) is 14.9 Å². The van der Waals surface area contributed by atoms with Crippen LogP contribution in [0, 0.1) is 6.92 Å². The minimum Gasteiger partial charge on any atom is -0.354 e. The zero-order chi connectivity index (χ0) is 19.4. The van der Waals surface area contributed by atoms with Crippen molar-refractivity contribution in [3.8, 4) is 0 Å². The van der Waals surface area contributed by atoms with Gasteiger partial charge in [-0.3, -0.25) is 14.2 Å². The van der Waals surface area contributed by atoms with E-state index in [9.17, 15) is 9.59 Å². The third kappa shape index (κ3) is 4.08. The highest BCUT2D eigenvalue weighted by Gasteiger charge is 2.20. The Kier molecular flexibility index (Phi) is 6.00. The summed E-state index contributed by atoms with van der Waals surface area (Å²) in [7, 11) is 3.01. The van der Waals surface area contributed by atoms with Crippen LogP contribution in [0.15, 0.2) is 41.5 Å². The number of rotatable bonds is 7. The maximum absolute atomic E-state index is 12.9. The molecule has 2 heterocycles. The van der Waals surface area contributed by atoms with Gasteiger partial charge in [-0.05, 0) is 18.1 Å². The zero-order valence-corrected chi connectivity index (χ0v) is 16.2. The number of ether oxygens (including phenoxy) is 2. The Morgan fingerprint density at radius 2 is 1.96 bits per heavy atom. The Morgan fingerprint density at radius 1 is 1.26 bits per heavy atom. The van der Waals surface area contributed by atoms with Gasteiger partial charge in [0.2, 0.25) is 0 Å². The summed E-state index contributed by atoms with van der Waals surface area (Å²) in [5, 5.41) is 3.25. The summed E-state index contributed by atoms with van der Waals surface area (Å²) >= 11 is 1.21. The first-order chi connectivity index (χ1) is 13.0. The second-order valence-corrected chi connectivity index (χ2v) is 7.01. The highest BCUT2D eigenvalue weighted by Crippen LogP contribution is 2.26. The molecular formula is C19H21N3O4S. The van der Waals surface area contributed by atoms with Crippen LogP contribution in [0.5, 0.6) is 0 Å². The predicted molar refractivity (Wildman–Crippen MR) is 104 cm³/mol. The molecule has 0 fully saturated rings. The number of carbonyl (C=O) groups is 1. The number of aryl methyl sites for hydroxylation is 1. The topological polar surface area (TPSA) is 82.5 Å². The number of methoxy groups -OCH3 is 2. The van der Waals surface area contributed by atoms with E-state index < -0.39 is 6.29 Å². The van der Waals surface area contributed by atoms with Gasteiger partial charge in [0.05, 0.1) is 29.7 Å². The molecule has 142 valence electrons. The van der Waals surface area contributed by atoms with Gasteiger partial charge in [-0.1, -0.05) is 30.3 Å². The van der Waals surface area contributed by atoms with Gasteiger partial charge in [0.15, 0.2) is 6.29 Å². The van der Waals surface area contributed by atoms with Crippen LogP contribution in [0.25, 0.3) is 10.2 Å². The molecule has 27 heavy (non-hydrogen) atoms. The van der Waals surface area contributed by atoms with Crippen molar-refractivity contribution in [2.75, 3.05) is 20.8 Å². The maximum atomic E-state index is 12.9. The first-order valence-electron chi connectivity index (χ1n) is 8.41. The first kappa shape index (κ1) is 19.2. The summed E-state index contributed by atoms with van der Waals surface area (Å²) in [4.78, 5) is 30.8. The molecule has 0 radical (unpaired) electrons. The second-order valence-electron chi connectivity index (χ2n) is 6.01. The Balaban J connectivity index is 1.89. The van der Waals surface area contributed by atoms with E-state index in [1.54, 1.807) is 11.5 Å². The largest absolute Gasteiger partial charge is 0.354 e. The fourth-order valence-corrected chi connectivity index (χ4v) is 3.84. The smallest absolute Gasteiger partial charge is 0.262 e. The Morgan fingerprint density at radius 3 is 2.63 bits per heavy atom. The van der Waals surface area contributed by atoms with Gasteiger partial charge in [-0.25, -0.2) is 4.98 Å². The molecule has 2 aromatic heterocycles. The Labute approximate surface area is 160 Å². The third-order valence-corrected chi connectivity index (χ3v) is 5.47. The molecule has 8 heteroatoms. The van der Waals surface area contributed by atoms with Crippen LogP contribution < -0.4 is 10.9 Å². The summed E-state index contributed by atoms with van der Waals surface area (Å²) in [5.74, 6) is -0.274. The molecule has 0 bridgehead atoms. The molecular weight excluding hydrogens is 366 g/mol. The van der Waals surface area contributed by atoms with Crippen molar-refractivity contribution in [3.63, 3.8) is 0 Å². The number of thiophene rings is 1. The number of amides is 1. The fraction of sp³-hybridized carbons (Fsp3) is 0.316. The monoisotopic (exact) mass is 387 g/mol. The predicted octanol–water partition coefficient (Wildman–Crippen LogP) is 2.16. The number of benzene rings is 1. The van der Waals surface area contributed by atoms with Crippen molar-refractivity contribution in [2.45, 2.75) is 19.8 Å². The standard InChI is InChI=1S/C19H21N3O4S/c1-12-15-18(27-16(12)17(23)20-9-14(25-2)26-3)21-11-22(19(15)24)10-13-7-5-4-6-8-13/h4-8,11,14H,9-10H2,1-3H3,(H,20,23). The lowest BCUT2D eigenvalue weighted by Crippen LogP contribution is -2.34. The van der Waals surface area contributed by atoms with E-state index in [0.717, 1.165) is 5.56 Å². The Bertz CT molecular complexity index is 993. The lowest BCUT2D eigenvalue weighted by Gasteiger charge is -2.13.